The predicted octanol–water partition coefficient (Wildman–Crippen LogP) is 1.66. The maximum absolute atomic E-state index is 12.8. The van der Waals surface area contributed by atoms with Crippen LogP contribution in [0.15, 0.2) is 42.9 Å². The molecule has 0 spiro atoms. The predicted molar refractivity (Wildman–Crippen MR) is 67.3 cm³/mol. The van der Waals surface area contributed by atoms with Crippen molar-refractivity contribution in [2.75, 3.05) is 0 Å². The number of hydrogen-bond acceptors (Lipinski definition) is 3. The highest BCUT2D eigenvalue weighted by molar-refractivity contribution is 5.97. The lowest BCUT2D eigenvalue weighted by Gasteiger charge is -2.03. The molecule has 0 fully saturated rings. The van der Waals surface area contributed by atoms with Gasteiger partial charge in [-0.25, -0.2) is 14.4 Å². The van der Waals surface area contributed by atoms with Crippen LogP contribution in [-0.4, -0.2) is 20.4 Å². The van der Waals surface area contributed by atoms with Gasteiger partial charge in [0.2, 0.25) is 11.9 Å². The van der Waals surface area contributed by atoms with E-state index in [2.05, 4.69) is 9.97 Å². The maximum atomic E-state index is 12.8. The van der Waals surface area contributed by atoms with Gasteiger partial charge in [-0.15, -0.1) is 0 Å². The molecule has 1 aromatic carbocycles. The van der Waals surface area contributed by atoms with E-state index in [9.17, 15) is 9.18 Å². The van der Waals surface area contributed by atoms with Crippen LogP contribution in [0.25, 0.3) is 16.9 Å². The monoisotopic (exact) mass is 256 g/mol. The Kier molecular flexibility index (Phi) is 2.49. The summed E-state index contributed by atoms with van der Waals surface area (Å²) in [6.45, 7) is 0. The first kappa shape index (κ1) is 11.3. The van der Waals surface area contributed by atoms with Crippen LogP contribution < -0.4 is 5.73 Å². The van der Waals surface area contributed by atoms with E-state index in [0.29, 0.717) is 11.5 Å². The van der Waals surface area contributed by atoms with Gasteiger partial charge in [0.25, 0.3) is 0 Å². The van der Waals surface area contributed by atoms with Crippen molar-refractivity contribution in [3.8, 4) is 5.95 Å². The first-order chi connectivity index (χ1) is 9.15. The van der Waals surface area contributed by atoms with Gasteiger partial charge >= 0.3 is 0 Å². The van der Waals surface area contributed by atoms with Crippen LogP contribution in [0.5, 0.6) is 0 Å². The Morgan fingerprint density at radius 1 is 1.21 bits per heavy atom. The molecule has 0 atom stereocenters. The zero-order chi connectivity index (χ0) is 13.4. The summed E-state index contributed by atoms with van der Waals surface area (Å²) < 4.78 is 14.5. The molecule has 0 aliphatic carbocycles. The minimum atomic E-state index is -0.505. The molecule has 2 heterocycles. The van der Waals surface area contributed by atoms with Gasteiger partial charge in [0, 0.05) is 17.1 Å². The topological polar surface area (TPSA) is 73.8 Å². The van der Waals surface area contributed by atoms with Crippen LogP contribution >= 0.6 is 0 Å². The van der Waals surface area contributed by atoms with Crippen molar-refractivity contribution in [3.05, 3.63) is 54.2 Å². The van der Waals surface area contributed by atoms with E-state index in [1.54, 1.807) is 29.0 Å². The Bertz CT molecular complexity index is 764. The smallest absolute Gasteiger partial charge is 0.248 e. The molecule has 3 aromatic rings. The average Bonchev–Trinajstić information content (AvgIpc) is 2.82. The summed E-state index contributed by atoms with van der Waals surface area (Å²) in [4.78, 5) is 19.0. The summed E-state index contributed by atoms with van der Waals surface area (Å²) in [5.41, 5.74) is 6.39. The van der Waals surface area contributed by atoms with E-state index < -0.39 is 11.7 Å². The molecule has 0 saturated carbocycles. The Hall–Kier alpha value is -2.76. The number of carbonyl (C=O) groups excluding carboxylic acids is 1. The minimum absolute atomic E-state index is 0.332. The van der Waals surface area contributed by atoms with Gasteiger partial charge in [0.15, 0.2) is 5.82 Å². The molecule has 1 amide bonds. The molecule has 0 radical (unpaired) electrons. The summed E-state index contributed by atoms with van der Waals surface area (Å²) in [7, 11) is 0. The molecule has 6 heteroatoms. The SMILES string of the molecule is NC(=O)c1ccc2ccn(-c3ncc(F)cn3)c2c1. The molecule has 0 saturated heterocycles. The lowest BCUT2D eigenvalue weighted by molar-refractivity contribution is 0.100. The fourth-order valence-corrected chi connectivity index (χ4v) is 1.89. The standard InChI is InChI=1S/C13H9FN4O/c14-10-6-16-13(17-7-10)18-4-3-8-1-2-9(12(15)19)5-11(8)18/h1-7H,(H2,15,19). The van der Waals surface area contributed by atoms with Crippen LogP contribution in [0.2, 0.25) is 0 Å². The largest absolute Gasteiger partial charge is 0.366 e. The van der Waals surface area contributed by atoms with Gasteiger partial charge in [0.1, 0.15) is 0 Å². The summed E-state index contributed by atoms with van der Waals surface area (Å²) >= 11 is 0. The van der Waals surface area contributed by atoms with Crippen molar-refractivity contribution in [2.24, 2.45) is 5.73 Å². The number of carbonyl (C=O) groups is 1. The normalized spacial score (nSPS) is 10.8. The number of halogens is 1. The van der Waals surface area contributed by atoms with E-state index >= 15 is 0 Å². The summed E-state index contributed by atoms with van der Waals surface area (Å²) in [6, 6.07) is 6.95. The highest BCUT2D eigenvalue weighted by atomic mass is 19.1. The molecule has 0 unspecified atom stereocenters. The molecule has 0 aliphatic rings. The molecular formula is C13H9FN4O. The number of nitrogens with two attached hydrogens (primary N) is 1. The van der Waals surface area contributed by atoms with Crippen LogP contribution in [0.3, 0.4) is 0 Å². The van der Waals surface area contributed by atoms with Crippen molar-refractivity contribution in [1.29, 1.82) is 0 Å². The minimum Gasteiger partial charge on any atom is -0.366 e. The Balaban J connectivity index is 2.21. The quantitative estimate of drug-likeness (QED) is 0.757. The zero-order valence-electron chi connectivity index (χ0n) is 9.75. The van der Waals surface area contributed by atoms with E-state index in [0.717, 1.165) is 23.3 Å². The van der Waals surface area contributed by atoms with Crippen molar-refractivity contribution in [1.82, 2.24) is 14.5 Å². The lowest BCUT2D eigenvalue weighted by Crippen LogP contribution is -2.10. The van der Waals surface area contributed by atoms with E-state index in [1.165, 1.54) is 0 Å². The summed E-state index contributed by atoms with van der Waals surface area (Å²) in [5, 5.41) is 0.915. The van der Waals surface area contributed by atoms with Crippen LogP contribution in [0.4, 0.5) is 4.39 Å². The third-order valence-corrected chi connectivity index (χ3v) is 2.80. The third kappa shape index (κ3) is 1.93. The second-order valence-corrected chi connectivity index (χ2v) is 4.02. The Morgan fingerprint density at radius 3 is 2.63 bits per heavy atom. The number of nitrogens with zero attached hydrogens (tertiary/aromatic N) is 3. The van der Waals surface area contributed by atoms with Crippen molar-refractivity contribution in [3.63, 3.8) is 0 Å². The first-order valence-electron chi connectivity index (χ1n) is 5.54. The molecule has 0 aliphatic heterocycles. The number of aromatic nitrogens is 3. The number of rotatable bonds is 2. The van der Waals surface area contributed by atoms with Gasteiger partial charge in [0.05, 0.1) is 17.9 Å². The molecule has 19 heavy (non-hydrogen) atoms. The van der Waals surface area contributed by atoms with Gasteiger partial charge in [-0.05, 0) is 18.2 Å². The van der Waals surface area contributed by atoms with Gasteiger partial charge in [-0.1, -0.05) is 6.07 Å². The molecule has 2 aromatic heterocycles. The highest BCUT2D eigenvalue weighted by Gasteiger charge is 2.08. The molecule has 3 rings (SSSR count). The Morgan fingerprint density at radius 2 is 1.95 bits per heavy atom. The highest BCUT2D eigenvalue weighted by Crippen LogP contribution is 2.19. The van der Waals surface area contributed by atoms with Crippen LogP contribution in [-0.2, 0) is 0 Å². The summed E-state index contributed by atoms with van der Waals surface area (Å²) in [5.74, 6) is -0.675. The summed E-state index contributed by atoms with van der Waals surface area (Å²) in [6.07, 6.45) is 3.93. The van der Waals surface area contributed by atoms with Crippen molar-refractivity contribution < 1.29 is 9.18 Å². The fraction of sp³-hybridized carbons (Fsp3) is 0. The van der Waals surface area contributed by atoms with Gasteiger partial charge in [-0.3, -0.25) is 9.36 Å². The number of fused-ring (bicyclic) bond motifs is 1. The van der Waals surface area contributed by atoms with Crippen LogP contribution in [0, 0.1) is 5.82 Å². The lowest BCUT2D eigenvalue weighted by atomic mass is 10.1. The molecule has 0 bridgehead atoms. The number of amides is 1. The third-order valence-electron chi connectivity index (χ3n) is 2.80. The molecule has 2 N–H and O–H groups in total. The van der Waals surface area contributed by atoms with Gasteiger partial charge in [-0.2, -0.15) is 0 Å². The van der Waals surface area contributed by atoms with E-state index in [4.69, 9.17) is 5.73 Å². The van der Waals surface area contributed by atoms with E-state index in [-0.39, 0.29) is 0 Å². The van der Waals surface area contributed by atoms with Gasteiger partial charge < -0.3 is 5.73 Å². The molecule has 94 valence electrons. The first-order valence-corrected chi connectivity index (χ1v) is 5.54. The molecular weight excluding hydrogens is 247 g/mol. The van der Waals surface area contributed by atoms with Crippen molar-refractivity contribution in [2.45, 2.75) is 0 Å². The van der Waals surface area contributed by atoms with E-state index in [1.807, 2.05) is 6.07 Å². The molecule has 5 nitrogen and oxygen atoms in total. The second-order valence-electron chi connectivity index (χ2n) is 4.02. The number of hydrogen-bond donors (Lipinski definition) is 1. The number of primary amides is 1. The zero-order valence-corrected chi connectivity index (χ0v) is 9.75. The second kappa shape index (κ2) is 4.16. The maximum Gasteiger partial charge on any atom is 0.248 e. The van der Waals surface area contributed by atoms with Crippen LogP contribution in [0.1, 0.15) is 10.4 Å². The Labute approximate surface area is 107 Å². The fourth-order valence-electron chi connectivity index (χ4n) is 1.89. The average molecular weight is 256 g/mol. The van der Waals surface area contributed by atoms with Crippen molar-refractivity contribution >= 4 is 16.8 Å². The number of benzene rings is 1.